The highest BCUT2D eigenvalue weighted by Crippen LogP contribution is 2.32. The third-order valence-electron chi connectivity index (χ3n) is 5.05. The second kappa shape index (κ2) is 8.44. The summed E-state index contributed by atoms with van der Waals surface area (Å²) in [5.41, 5.74) is 2.67. The van der Waals surface area contributed by atoms with E-state index in [-0.39, 0.29) is 5.56 Å². The van der Waals surface area contributed by atoms with Gasteiger partial charge in [0.1, 0.15) is 11.0 Å². The molecule has 0 aliphatic carbocycles. The van der Waals surface area contributed by atoms with Crippen molar-refractivity contribution in [1.29, 1.82) is 0 Å². The van der Waals surface area contributed by atoms with E-state index in [4.69, 9.17) is 14.5 Å². The Hall–Kier alpha value is -2.93. The Morgan fingerprint density at radius 2 is 1.87 bits per heavy atom. The highest BCUT2D eigenvalue weighted by molar-refractivity contribution is 7.99. The summed E-state index contributed by atoms with van der Waals surface area (Å²) in [6.45, 7) is 4.39. The Balaban J connectivity index is 1.95. The number of aromatic nitrogens is 3. The standard InChI is InChI=1S/C23H25N3O3S/c1-14(2)11-12-30-23-25-20-16-7-5-6-8-17(16)24-21(20)22(27)26(23)15-9-10-18(28-3)19(13-15)29-4/h5-10,13-14,24H,11-12H2,1-4H3. The van der Waals surface area contributed by atoms with E-state index >= 15 is 0 Å². The van der Waals surface area contributed by atoms with Gasteiger partial charge in [-0.25, -0.2) is 4.98 Å². The van der Waals surface area contributed by atoms with E-state index in [9.17, 15) is 4.79 Å². The molecule has 7 heteroatoms. The topological polar surface area (TPSA) is 69.1 Å². The number of thioether (sulfide) groups is 1. The molecule has 0 aliphatic heterocycles. The van der Waals surface area contributed by atoms with Crippen LogP contribution in [-0.4, -0.2) is 34.5 Å². The number of aromatic amines is 1. The van der Waals surface area contributed by atoms with Crippen LogP contribution in [0.4, 0.5) is 0 Å². The van der Waals surface area contributed by atoms with Crippen molar-refractivity contribution in [2.24, 2.45) is 5.92 Å². The van der Waals surface area contributed by atoms with Crippen LogP contribution in [0.25, 0.3) is 27.6 Å². The monoisotopic (exact) mass is 423 g/mol. The zero-order valence-electron chi connectivity index (χ0n) is 17.6. The molecule has 0 radical (unpaired) electrons. The fraction of sp³-hybridized carbons (Fsp3) is 0.304. The van der Waals surface area contributed by atoms with Crippen molar-refractivity contribution in [3.05, 3.63) is 52.8 Å². The van der Waals surface area contributed by atoms with E-state index in [0.717, 1.165) is 23.1 Å². The van der Waals surface area contributed by atoms with Crippen molar-refractivity contribution in [3.63, 3.8) is 0 Å². The van der Waals surface area contributed by atoms with Crippen LogP contribution < -0.4 is 15.0 Å². The number of methoxy groups -OCH3 is 2. The van der Waals surface area contributed by atoms with Gasteiger partial charge in [-0.05, 0) is 30.5 Å². The minimum absolute atomic E-state index is 0.129. The van der Waals surface area contributed by atoms with Crippen LogP contribution in [0, 0.1) is 5.92 Å². The van der Waals surface area contributed by atoms with Crippen molar-refractivity contribution in [2.75, 3.05) is 20.0 Å². The van der Waals surface area contributed by atoms with Crippen molar-refractivity contribution < 1.29 is 9.47 Å². The molecule has 0 spiro atoms. The molecule has 0 bridgehead atoms. The lowest BCUT2D eigenvalue weighted by Gasteiger charge is -2.15. The molecule has 0 fully saturated rings. The van der Waals surface area contributed by atoms with Gasteiger partial charge in [0, 0.05) is 22.7 Å². The number of para-hydroxylation sites is 1. The highest BCUT2D eigenvalue weighted by atomic mass is 32.2. The third kappa shape index (κ3) is 3.65. The summed E-state index contributed by atoms with van der Waals surface area (Å²) in [7, 11) is 3.18. The van der Waals surface area contributed by atoms with Gasteiger partial charge < -0.3 is 14.5 Å². The molecular formula is C23H25N3O3S. The lowest BCUT2D eigenvalue weighted by atomic mass is 10.2. The maximum Gasteiger partial charge on any atom is 0.283 e. The number of hydrogen-bond acceptors (Lipinski definition) is 5. The summed E-state index contributed by atoms with van der Waals surface area (Å²) in [5, 5.41) is 1.62. The fourth-order valence-electron chi connectivity index (χ4n) is 3.42. The molecule has 0 amide bonds. The number of hydrogen-bond donors (Lipinski definition) is 1. The third-order valence-corrected chi connectivity index (χ3v) is 6.02. The Labute approximate surface area is 179 Å². The maximum atomic E-state index is 13.6. The largest absolute Gasteiger partial charge is 0.493 e. The lowest BCUT2D eigenvalue weighted by Crippen LogP contribution is -2.22. The molecule has 2 heterocycles. The first kappa shape index (κ1) is 20.3. The minimum atomic E-state index is -0.129. The van der Waals surface area contributed by atoms with E-state index in [0.29, 0.717) is 39.3 Å². The lowest BCUT2D eigenvalue weighted by molar-refractivity contribution is 0.354. The number of fused-ring (bicyclic) bond motifs is 3. The smallest absolute Gasteiger partial charge is 0.283 e. The molecule has 4 aromatic rings. The maximum absolute atomic E-state index is 13.6. The Morgan fingerprint density at radius 3 is 2.60 bits per heavy atom. The van der Waals surface area contributed by atoms with Crippen LogP contribution in [0.3, 0.4) is 0 Å². The highest BCUT2D eigenvalue weighted by Gasteiger charge is 2.18. The van der Waals surface area contributed by atoms with Crippen molar-refractivity contribution >= 4 is 33.7 Å². The van der Waals surface area contributed by atoms with Gasteiger partial charge >= 0.3 is 0 Å². The van der Waals surface area contributed by atoms with Gasteiger partial charge in [-0.15, -0.1) is 0 Å². The average molecular weight is 424 g/mol. The van der Waals surface area contributed by atoms with Gasteiger partial charge in [0.2, 0.25) is 0 Å². The second-order valence-corrected chi connectivity index (χ2v) is 8.56. The number of H-pyrrole nitrogens is 1. The number of benzene rings is 2. The van der Waals surface area contributed by atoms with Gasteiger partial charge in [-0.3, -0.25) is 9.36 Å². The minimum Gasteiger partial charge on any atom is -0.493 e. The van der Waals surface area contributed by atoms with E-state index in [1.165, 1.54) is 0 Å². The molecule has 156 valence electrons. The van der Waals surface area contributed by atoms with Gasteiger partial charge in [-0.2, -0.15) is 0 Å². The molecule has 0 unspecified atom stereocenters. The summed E-state index contributed by atoms with van der Waals surface area (Å²) < 4.78 is 12.5. The Kier molecular flexibility index (Phi) is 5.72. The molecule has 30 heavy (non-hydrogen) atoms. The number of ether oxygens (including phenoxy) is 2. The van der Waals surface area contributed by atoms with E-state index < -0.39 is 0 Å². The SMILES string of the molecule is COc1ccc(-n2c(SCCC(C)C)nc3c([nH]c4ccccc43)c2=O)cc1OC. The first-order chi connectivity index (χ1) is 14.5. The van der Waals surface area contributed by atoms with Gasteiger partial charge in [0.05, 0.1) is 19.9 Å². The predicted octanol–water partition coefficient (Wildman–Crippen LogP) is 5.02. The molecule has 0 atom stereocenters. The van der Waals surface area contributed by atoms with Gasteiger partial charge in [0.15, 0.2) is 16.7 Å². The van der Waals surface area contributed by atoms with Crippen LogP contribution in [0.15, 0.2) is 52.4 Å². The van der Waals surface area contributed by atoms with Gasteiger partial charge in [-0.1, -0.05) is 43.8 Å². The van der Waals surface area contributed by atoms with Crippen molar-refractivity contribution in [2.45, 2.75) is 25.4 Å². The van der Waals surface area contributed by atoms with Crippen LogP contribution >= 0.6 is 11.8 Å². The Bertz CT molecular complexity index is 1260. The quantitative estimate of drug-likeness (QED) is 0.334. The summed E-state index contributed by atoms with van der Waals surface area (Å²) >= 11 is 1.60. The number of rotatable bonds is 7. The second-order valence-electron chi connectivity index (χ2n) is 7.50. The number of nitrogens with one attached hydrogen (secondary N) is 1. The van der Waals surface area contributed by atoms with Crippen molar-refractivity contribution in [3.8, 4) is 17.2 Å². The molecule has 1 N–H and O–H groups in total. The molecule has 4 rings (SSSR count). The zero-order valence-corrected chi connectivity index (χ0v) is 18.4. The molecule has 6 nitrogen and oxygen atoms in total. The molecule has 2 aromatic carbocycles. The van der Waals surface area contributed by atoms with Gasteiger partial charge in [0.25, 0.3) is 5.56 Å². The summed E-state index contributed by atoms with van der Waals surface area (Å²) in [4.78, 5) is 21.7. The molecule has 2 aromatic heterocycles. The molecule has 0 saturated carbocycles. The summed E-state index contributed by atoms with van der Waals surface area (Å²) in [6.07, 6.45) is 1.04. The van der Waals surface area contributed by atoms with Crippen molar-refractivity contribution in [1.82, 2.24) is 14.5 Å². The summed E-state index contributed by atoms with van der Waals surface area (Å²) in [6, 6.07) is 13.3. The molecular weight excluding hydrogens is 398 g/mol. The molecule has 0 aliphatic rings. The Morgan fingerprint density at radius 1 is 1.10 bits per heavy atom. The van der Waals surface area contributed by atoms with Crippen LogP contribution in [0.2, 0.25) is 0 Å². The van der Waals surface area contributed by atoms with E-state index in [1.54, 1.807) is 36.6 Å². The predicted molar refractivity (Wildman–Crippen MR) is 122 cm³/mol. The van der Waals surface area contributed by atoms with Crippen LogP contribution in [0.5, 0.6) is 11.5 Å². The zero-order chi connectivity index (χ0) is 21.3. The number of nitrogens with zero attached hydrogens (tertiary/aromatic N) is 2. The normalized spacial score (nSPS) is 11.5. The van der Waals surface area contributed by atoms with Crippen LogP contribution in [0.1, 0.15) is 20.3 Å². The average Bonchev–Trinajstić information content (AvgIpc) is 3.12. The first-order valence-electron chi connectivity index (χ1n) is 9.92. The van der Waals surface area contributed by atoms with E-state index in [1.807, 2.05) is 36.4 Å². The summed E-state index contributed by atoms with van der Waals surface area (Å²) in [5.74, 6) is 2.64. The van der Waals surface area contributed by atoms with E-state index in [2.05, 4.69) is 18.8 Å². The van der Waals surface area contributed by atoms with Crippen LogP contribution in [-0.2, 0) is 0 Å². The molecule has 0 saturated heterocycles. The first-order valence-corrected chi connectivity index (χ1v) is 10.9. The fourth-order valence-corrected chi connectivity index (χ4v) is 4.66.